The van der Waals surface area contributed by atoms with E-state index in [9.17, 15) is 25.2 Å². The van der Waals surface area contributed by atoms with Gasteiger partial charge < -0.3 is 25.7 Å². The highest BCUT2D eigenvalue weighted by Crippen LogP contribution is 2.20. The van der Waals surface area contributed by atoms with Crippen molar-refractivity contribution in [3.8, 4) is 0 Å². The van der Waals surface area contributed by atoms with Crippen LogP contribution in [0.5, 0.6) is 0 Å². The van der Waals surface area contributed by atoms with Gasteiger partial charge in [-0.2, -0.15) is 0 Å². The third-order valence-electron chi connectivity index (χ3n) is 17.6. The van der Waals surface area contributed by atoms with E-state index < -0.39 is 36.9 Å². The van der Waals surface area contributed by atoms with Crippen molar-refractivity contribution >= 4 is 5.91 Å². The lowest BCUT2D eigenvalue weighted by Crippen LogP contribution is -2.53. The molecule has 0 fully saturated rings. The fourth-order valence-corrected chi connectivity index (χ4v) is 11.9. The Kier molecular flexibility index (Phi) is 67.5. The van der Waals surface area contributed by atoms with Crippen LogP contribution in [-0.4, -0.2) is 57.3 Å². The van der Waals surface area contributed by atoms with Crippen molar-refractivity contribution < 1.29 is 25.2 Å². The fourth-order valence-electron chi connectivity index (χ4n) is 11.9. The number of carbonyl (C=O) groups is 1. The van der Waals surface area contributed by atoms with Crippen LogP contribution in [0.15, 0.2) is 24.3 Å². The van der Waals surface area contributed by atoms with Crippen molar-refractivity contribution in [2.75, 3.05) is 6.61 Å². The second-order valence-corrected chi connectivity index (χ2v) is 25.6. The molecule has 1 amide bonds. The molecule has 0 rings (SSSR count). The SMILES string of the molecule is CCCCCCCCCCCCCCCC/C=C\CCCCCCCCCCCCCCCCCCC(O)C(=O)NC(CO)C(O)C(O)CCC/C=C/CCCCCCCCCCCCCCCCCCCCCCCCCCC. The predicted octanol–water partition coefficient (Wildman–Crippen LogP) is 22.9. The Morgan fingerprint density at radius 1 is 0.300 bits per heavy atom. The summed E-state index contributed by atoms with van der Waals surface area (Å²) in [6.07, 6.45) is 87.6. The highest BCUT2D eigenvalue weighted by Gasteiger charge is 2.28. The molecule has 0 aliphatic rings. The Bertz CT molecular complexity index is 1220. The zero-order valence-corrected chi connectivity index (χ0v) is 54.4. The molecule has 0 spiro atoms. The van der Waals surface area contributed by atoms with Crippen LogP contribution in [-0.2, 0) is 4.79 Å². The summed E-state index contributed by atoms with van der Waals surface area (Å²) < 4.78 is 0. The maximum absolute atomic E-state index is 12.7. The zero-order valence-electron chi connectivity index (χ0n) is 54.4. The summed E-state index contributed by atoms with van der Waals surface area (Å²) in [5, 5.41) is 44.2. The van der Waals surface area contributed by atoms with Gasteiger partial charge in [-0.25, -0.2) is 0 Å². The van der Waals surface area contributed by atoms with Gasteiger partial charge in [0.05, 0.1) is 18.8 Å². The van der Waals surface area contributed by atoms with E-state index in [2.05, 4.69) is 43.5 Å². The molecule has 0 radical (unpaired) electrons. The first-order chi connectivity index (χ1) is 39.5. The van der Waals surface area contributed by atoms with Crippen LogP contribution in [0.1, 0.15) is 412 Å². The summed E-state index contributed by atoms with van der Waals surface area (Å²) >= 11 is 0. The third kappa shape index (κ3) is 61.4. The minimum absolute atomic E-state index is 0.367. The van der Waals surface area contributed by atoms with Gasteiger partial charge in [0, 0.05) is 0 Å². The van der Waals surface area contributed by atoms with Gasteiger partial charge in [0.2, 0.25) is 5.91 Å². The highest BCUT2D eigenvalue weighted by atomic mass is 16.3. The summed E-state index contributed by atoms with van der Waals surface area (Å²) in [4.78, 5) is 12.7. The molecule has 0 aromatic rings. The largest absolute Gasteiger partial charge is 0.394 e. The van der Waals surface area contributed by atoms with Crippen LogP contribution in [0.25, 0.3) is 0 Å². The van der Waals surface area contributed by atoms with Crippen LogP contribution in [0, 0.1) is 0 Å². The van der Waals surface area contributed by atoms with Crippen LogP contribution < -0.4 is 5.32 Å². The summed E-state index contributed by atoms with van der Waals surface area (Å²) in [5.41, 5.74) is 0. The highest BCUT2D eigenvalue weighted by molar-refractivity contribution is 5.80. The van der Waals surface area contributed by atoms with Gasteiger partial charge in [-0.15, -0.1) is 0 Å². The Morgan fingerprint density at radius 2 is 0.512 bits per heavy atom. The molecule has 0 aliphatic carbocycles. The van der Waals surface area contributed by atoms with Crippen LogP contribution in [0.3, 0.4) is 0 Å². The molecule has 476 valence electrons. The van der Waals surface area contributed by atoms with E-state index in [0.717, 1.165) is 38.5 Å². The number of carbonyl (C=O) groups excluding carboxylic acids is 1. The lowest BCUT2D eigenvalue weighted by Gasteiger charge is -2.27. The Hall–Kier alpha value is -1.21. The number of rotatable bonds is 69. The van der Waals surface area contributed by atoms with Crippen molar-refractivity contribution in [1.29, 1.82) is 0 Å². The monoisotopic (exact) mass is 1130 g/mol. The third-order valence-corrected chi connectivity index (χ3v) is 17.6. The van der Waals surface area contributed by atoms with E-state index in [1.54, 1.807) is 0 Å². The average Bonchev–Trinajstić information content (AvgIpc) is 3.46. The fraction of sp³-hybridized carbons (Fsp3) is 0.932. The molecule has 5 N–H and O–H groups in total. The van der Waals surface area contributed by atoms with Crippen LogP contribution in [0.4, 0.5) is 0 Å². The first-order valence-electron chi connectivity index (χ1n) is 36.7. The maximum Gasteiger partial charge on any atom is 0.249 e. The average molecular weight is 1130 g/mol. The normalized spacial score (nSPS) is 13.5. The van der Waals surface area contributed by atoms with E-state index in [0.29, 0.717) is 12.8 Å². The second kappa shape index (κ2) is 68.6. The minimum Gasteiger partial charge on any atom is -0.394 e. The molecule has 0 heterocycles. The first-order valence-corrected chi connectivity index (χ1v) is 36.7. The molecular formula is C74H145NO5. The topological polar surface area (TPSA) is 110 Å². The summed E-state index contributed by atoms with van der Waals surface area (Å²) in [6, 6.07) is -1.00. The van der Waals surface area contributed by atoms with Gasteiger partial charge in [0.25, 0.3) is 0 Å². The van der Waals surface area contributed by atoms with E-state index in [1.807, 2.05) is 0 Å². The van der Waals surface area contributed by atoms with Gasteiger partial charge in [0.15, 0.2) is 0 Å². The number of allylic oxidation sites excluding steroid dienone is 4. The van der Waals surface area contributed by atoms with Crippen LogP contribution in [0.2, 0.25) is 0 Å². The van der Waals surface area contributed by atoms with Gasteiger partial charge in [-0.1, -0.05) is 372 Å². The lowest BCUT2D eigenvalue weighted by molar-refractivity contribution is -0.132. The van der Waals surface area contributed by atoms with Crippen molar-refractivity contribution in [1.82, 2.24) is 5.32 Å². The number of amides is 1. The van der Waals surface area contributed by atoms with Crippen molar-refractivity contribution in [3.63, 3.8) is 0 Å². The van der Waals surface area contributed by atoms with E-state index in [1.165, 1.54) is 347 Å². The number of aliphatic hydroxyl groups is 4. The van der Waals surface area contributed by atoms with Gasteiger partial charge >= 0.3 is 0 Å². The minimum atomic E-state index is -1.28. The second-order valence-electron chi connectivity index (χ2n) is 25.6. The number of aliphatic hydroxyl groups excluding tert-OH is 4. The molecule has 0 aromatic carbocycles. The van der Waals surface area contributed by atoms with E-state index in [4.69, 9.17) is 0 Å². The van der Waals surface area contributed by atoms with Crippen molar-refractivity contribution in [2.24, 2.45) is 0 Å². The molecule has 0 saturated heterocycles. The standard InChI is InChI=1S/C74H145NO5/c1-3-5-7-9-11-13-15-17-19-21-23-25-27-29-31-33-35-36-37-38-40-42-44-46-48-50-52-54-56-58-60-62-64-66-68-72(78)74(80)75-70(69-76)73(79)71(77)67-65-63-61-59-57-55-53-51-49-47-45-43-41-39-34-32-30-28-26-24-22-20-18-16-14-12-10-8-6-4-2/h33,35,59,61,70-73,76-79H,3-32,34,36-58,60,62-69H2,1-2H3,(H,75,80)/b35-33-,61-59+. The molecule has 0 bridgehead atoms. The molecule has 4 unspecified atom stereocenters. The van der Waals surface area contributed by atoms with Gasteiger partial charge in [0.1, 0.15) is 12.2 Å². The Morgan fingerprint density at radius 3 is 0.750 bits per heavy atom. The molecule has 0 saturated carbocycles. The smallest absolute Gasteiger partial charge is 0.249 e. The maximum atomic E-state index is 12.7. The van der Waals surface area contributed by atoms with Crippen molar-refractivity contribution in [3.05, 3.63) is 24.3 Å². The number of unbranched alkanes of at least 4 members (excludes halogenated alkanes) is 56. The summed E-state index contributed by atoms with van der Waals surface area (Å²) in [6.45, 7) is 4.11. The number of hydrogen-bond donors (Lipinski definition) is 5. The Balaban J connectivity index is 3.54. The molecule has 80 heavy (non-hydrogen) atoms. The quantitative estimate of drug-likeness (QED) is 0.0308. The van der Waals surface area contributed by atoms with E-state index in [-0.39, 0.29) is 0 Å². The lowest BCUT2D eigenvalue weighted by atomic mass is 10.00. The molecule has 6 nitrogen and oxygen atoms in total. The molecule has 0 aliphatic heterocycles. The van der Waals surface area contributed by atoms with Gasteiger partial charge in [-0.3, -0.25) is 4.79 Å². The zero-order chi connectivity index (χ0) is 58.0. The molecule has 6 heteroatoms. The number of nitrogens with one attached hydrogen (secondary N) is 1. The van der Waals surface area contributed by atoms with Gasteiger partial charge in [-0.05, 0) is 64.2 Å². The first kappa shape index (κ1) is 78.8. The van der Waals surface area contributed by atoms with Crippen molar-refractivity contribution in [2.45, 2.75) is 436 Å². The predicted molar refractivity (Wildman–Crippen MR) is 353 cm³/mol. The number of hydrogen-bond acceptors (Lipinski definition) is 5. The van der Waals surface area contributed by atoms with Crippen LogP contribution >= 0.6 is 0 Å². The summed E-state index contributed by atoms with van der Waals surface area (Å²) in [7, 11) is 0. The molecule has 4 atom stereocenters. The van der Waals surface area contributed by atoms with E-state index >= 15 is 0 Å². The molecular weight excluding hydrogens is 983 g/mol. The Labute approximate surface area is 501 Å². The molecule has 0 aromatic heterocycles. The summed E-state index contributed by atoms with van der Waals surface area (Å²) in [5.74, 6) is -0.585.